The van der Waals surface area contributed by atoms with E-state index < -0.39 is 11.8 Å². The van der Waals surface area contributed by atoms with Gasteiger partial charge in [0, 0.05) is 6.07 Å². The molecule has 1 N–H and O–H groups in total. The predicted molar refractivity (Wildman–Crippen MR) is 61.4 cm³/mol. The Labute approximate surface area is 107 Å². The van der Waals surface area contributed by atoms with Gasteiger partial charge in [0.15, 0.2) is 5.76 Å². The summed E-state index contributed by atoms with van der Waals surface area (Å²) in [5.74, 6) is -1.13. The SMILES string of the molecule is O=C(O)c1ccoc1COc1ccc(F)c(Cl)c1. The maximum Gasteiger partial charge on any atom is 0.339 e. The van der Waals surface area contributed by atoms with Crippen molar-refractivity contribution < 1.29 is 23.4 Å². The molecule has 6 heteroatoms. The number of ether oxygens (including phenoxy) is 1. The zero-order valence-electron chi connectivity index (χ0n) is 9.02. The summed E-state index contributed by atoms with van der Waals surface area (Å²) in [7, 11) is 0. The third-order valence-electron chi connectivity index (χ3n) is 2.24. The maximum absolute atomic E-state index is 12.9. The number of hydrogen-bond donors (Lipinski definition) is 1. The van der Waals surface area contributed by atoms with Crippen LogP contribution in [0.15, 0.2) is 34.9 Å². The van der Waals surface area contributed by atoms with E-state index in [0.717, 1.165) is 6.07 Å². The predicted octanol–water partition coefficient (Wildman–Crippen LogP) is 3.35. The van der Waals surface area contributed by atoms with Gasteiger partial charge in [0.2, 0.25) is 0 Å². The number of furan rings is 1. The maximum atomic E-state index is 12.9. The largest absolute Gasteiger partial charge is 0.486 e. The quantitative estimate of drug-likeness (QED) is 0.925. The lowest BCUT2D eigenvalue weighted by Crippen LogP contribution is -2.02. The van der Waals surface area contributed by atoms with Gasteiger partial charge in [-0.15, -0.1) is 0 Å². The highest BCUT2D eigenvalue weighted by Crippen LogP contribution is 2.22. The number of rotatable bonds is 4. The number of carboxylic acids is 1. The Kier molecular flexibility index (Phi) is 3.53. The summed E-state index contributed by atoms with van der Waals surface area (Å²) < 4.78 is 23.2. The van der Waals surface area contributed by atoms with Gasteiger partial charge in [0.25, 0.3) is 0 Å². The van der Waals surface area contributed by atoms with Crippen LogP contribution in [0.1, 0.15) is 16.1 Å². The molecule has 1 aromatic heterocycles. The molecule has 0 aliphatic rings. The lowest BCUT2D eigenvalue weighted by Gasteiger charge is -2.05. The highest BCUT2D eigenvalue weighted by molar-refractivity contribution is 6.30. The fraction of sp³-hybridized carbons (Fsp3) is 0.0833. The fourth-order valence-corrected chi connectivity index (χ4v) is 1.53. The summed E-state index contributed by atoms with van der Waals surface area (Å²) in [6.07, 6.45) is 1.26. The molecule has 0 fully saturated rings. The third-order valence-corrected chi connectivity index (χ3v) is 2.53. The molecule has 0 radical (unpaired) electrons. The molecule has 0 saturated carbocycles. The van der Waals surface area contributed by atoms with E-state index in [-0.39, 0.29) is 23.0 Å². The van der Waals surface area contributed by atoms with Gasteiger partial charge in [-0.05, 0) is 18.2 Å². The van der Waals surface area contributed by atoms with Crippen LogP contribution in [0.5, 0.6) is 5.75 Å². The summed E-state index contributed by atoms with van der Waals surface area (Å²) in [6, 6.07) is 5.20. The van der Waals surface area contributed by atoms with Crippen molar-refractivity contribution in [3.63, 3.8) is 0 Å². The third kappa shape index (κ3) is 2.62. The van der Waals surface area contributed by atoms with Crippen LogP contribution in [-0.2, 0) is 6.61 Å². The standard InChI is InChI=1S/C12H8ClFO4/c13-9-5-7(1-2-10(9)14)18-6-11-8(12(15)16)3-4-17-11/h1-5H,6H2,(H,15,16). The first-order chi connectivity index (χ1) is 8.58. The summed E-state index contributed by atoms with van der Waals surface area (Å²) in [4.78, 5) is 10.8. The van der Waals surface area contributed by atoms with E-state index in [1.54, 1.807) is 0 Å². The molecule has 4 nitrogen and oxygen atoms in total. The van der Waals surface area contributed by atoms with Crippen LogP contribution < -0.4 is 4.74 Å². The van der Waals surface area contributed by atoms with Crippen LogP contribution in [0, 0.1) is 5.82 Å². The summed E-state index contributed by atoms with van der Waals surface area (Å²) in [5.41, 5.74) is 0.0307. The number of benzene rings is 1. The van der Waals surface area contributed by atoms with Crippen molar-refractivity contribution in [2.75, 3.05) is 0 Å². The van der Waals surface area contributed by atoms with Gasteiger partial charge in [0.05, 0.1) is 11.3 Å². The van der Waals surface area contributed by atoms with E-state index in [9.17, 15) is 9.18 Å². The molecule has 1 aromatic carbocycles. The van der Waals surface area contributed by atoms with Crippen molar-refractivity contribution in [1.29, 1.82) is 0 Å². The summed E-state index contributed by atoms with van der Waals surface area (Å²) >= 11 is 5.58. The molecule has 2 aromatic rings. The summed E-state index contributed by atoms with van der Waals surface area (Å²) in [5, 5.41) is 8.78. The van der Waals surface area contributed by atoms with Gasteiger partial charge >= 0.3 is 5.97 Å². The smallest absolute Gasteiger partial charge is 0.339 e. The normalized spacial score (nSPS) is 10.3. The van der Waals surface area contributed by atoms with Gasteiger partial charge in [-0.2, -0.15) is 0 Å². The van der Waals surface area contributed by atoms with E-state index >= 15 is 0 Å². The average Bonchev–Trinajstić information content (AvgIpc) is 2.79. The van der Waals surface area contributed by atoms with Crippen LogP contribution >= 0.6 is 11.6 Å². The molecule has 0 amide bonds. The molecule has 0 spiro atoms. The second-order valence-electron chi connectivity index (χ2n) is 3.43. The van der Waals surface area contributed by atoms with Gasteiger partial charge in [0.1, 0.15) is 23.7 Å². The topological polar surface area (TPSA) is 59.7 Å². The molecule has 0 aliphatic carbocycles. The molecular formula is C12H8ClFO4. The van der Waals surface area contributed by atoms with E-state index in [1.807, 2.05) is 0 Å². The minimum absolute atomic E-state index is 0.0307. The molecule has 1 heterocycles. The van der Waals surface area contributed by atoms with Crippen molar-refractivity contribution >= 4 is 17.6 Å². The fourth-order valence-electron chi connectivity index (χ4n) is 1.36. The van der Waals surface area contributed by atoms with E-state index in [4.69, 9.17) is 25.9 Å². The average molecular weight is 271 g/mol. The Morgan fingerprint density at radius 3 is 2.89 bits per heavy atom. The zero-order valence-corrected chi connectivity index (χ0v) is 9.78. The molecule has 0 atom stereocenters. The first-order valence-corrected chi connectivity index (χ1v) is 5.33. The first kappa shape index (κ1) is 12.4. The molecule has 0 unspecified atom stereocenters. The van der Waals surface area contributed by atoms with Crippen LogP contribution in [-0.4, -0.2) is 11.1 Å². The van der Waals surface area contributed by atoms with Crippen molar-refractivity contribution in [3.05, 3.63) is 52.7 Å². The number of halogens is 2. The molecule has 2 rings (SSSR count). The molecule has 18 heavy (non-hydrogen) atoms. The minimum atomic E-state index is -1.10. The van der Waals surface area contributed by atoms with Crippen LogP contribution in [0.4, 0.5) is 4.39 Å². The molecule has 0 bridgehead atoms. The Morgan fingerprint density at radius 2 is 2.22 bits per heavy atom. The molecule has 94 valence electrons. The minimum Gasteiger partial charge on any atom is -0.486 e. The molecular weight excluding hydrogens is 263 g/mol. The Bertz CT molecular complexity index is 579. The Balaban J connectivity index is 2.09. The lowest BCUT2D eigenvalue weighted by atomic mass is 10.2. The van der Waals surface area contributed by atoms with Crippen LogP contribution in [0.25, 0.3) is 0 Å². The van der Waals surface area contributed by atoms with Gasteiger partial charge in [-0.3, -0.25) is 0 Å². The van der Waals surface area contributed by atoms with Gasteiger partial charge in [-0.1, -0.05) is 11.6 Å². The Morgan fingerprint density at radius 1 is 1.44 bits per heavy atom. The van der Waals surface area contributed by atoms with Crippen molar-refractivity contribution in [1.82, 2.24) is 0 Å². The molecule has 0 aliphatic heterocycles. The molecule has 0 saturated heterocycles. The van der Waals surface area contributed by atoms with Crippen molar-refractivity contribution in [2.24, 2.45) is 0 Å². The van der Waals surface area contributed by atoms with Crippen LogP contribution in [0.2, 0.25) is 5.02 Å². The van der Waals surface area contributed by atoms with Gasteiger partial charge < -0.3 is 14.3 Å². The van der Waals surface area contributed by atoms with E-state index in [1.165, 1.54) is 24.5 Å². The second-order valence-corrected chi connectivity index (χ2v) is 3.83. The monoisotopic (exact) mass is 270 g/mol. The lowest BCUT2D eigenvalue weighted by molar-refractivity contribution is 0.0692. The second kappa shape index (κ2) is 5.10. The number of carboxylic acid groups (broad SMARTS) is 1. The van der Waals surface area contributed by atoms with Gasteiger partial charge in [-0.25, -0.2) is 9.18 Å². The highest BCUT2D eigenvalue weighted by atomic mass is 35.5. The van der Waals surface area contributed by atoms with E-state index in [0.29, 0.717) is 5.75 Å². The van der Waals surface area contributed by atoms with Crippen molar-refractivity contribution in [3.8, 4) is 5.75 Å². The summed E-state index contributed by atoms with van der Waals surface area (Å²) in [6.45, 7) is -0.0728. The van der Waals surface area contributed by atoms with E-state index in [2.05, 4.69) is 0 Å². The van der Waals surface area contributed by atoms with Crippen molar-refractivity contribution in [2.45, 2.75) is 6.61 Å². The van der Waals surface area contributed by atoms with Crippen LogP contribution in [0.3, 0.4) is 0 Å². The Hall–Kier alpha value is -2.01. The number of carbonyl (C=O) groups is 1. The first-order valence-electron chi connectivity index (χ1n) is 4.95. The number of hydrogen-bond acceptors (Lipinski definition) is 3. The zero-order chi connectivity index (χ0) is 13.1. The highest BCUT2D eigenvalue weighted by Gasteiger charge is 2.13. The number of aromatic carboxylic acids is 1.